The van der Waals surface area contributed by atoms with Gasteiger partial charge in [0.1, 0.15) is 24.7 Å². The average Bonchev–Trinajstić information content (AvgIpc) is 2.79. The quantitative estimate of drug-likeness (QED) is 0.357. The monoisotopic (exact) mass is 474 g/mol. The van der Waals surface area contributed by atoms with Crippen molar-refractivity contribution in [2.45, 2.75) is 6.54 Å². The summed E-state index contributed by atoms with van der Waals surface area (Å²) in [6, 6.07) is 9.93. The number of ether oxygens (including phenoxy) is 2. The van der Waals surface area contributed by atoms with Crippen LogP contribution in [-0.4, -0.2) is 68.1 Å². The lowest BCUT2D eigenvalue weighted by molar-refractivity contribution is -0.384. The molecule has 2 saturated heterocycles. The number of rotatable bonds is 6. The maximum absolute atomic E-state index is 12.1. The smallest absolute Gasteiger partial charge is 0.294 e. The third-order valence-electron chi connectivity index (χ3n) is 5.71. The first kappa shape index (κ1) is 23.0. The molecule has 0 aliphatic carbocycles. The van der Waals surface area contributed by atoms with Gasteiger partial charge in [0.2, 0.25) is 0 Å². The largest absolute Gasteiger partial charge is 0.496 e. The van der Waals surface area contributed by atoms with Crippen molar-refractivity contribution in [3.8, 4) is 5.75 Å². The van der Waals surface area contributed by atoms with E-state index in [0.29, 0.717) is 43.4 Å². The van der Waals surface area contributed by atoms with Crippen LogP contribution in [0.3, 0.4) is 0 Å². The lowest BCUT2D eigenvalue weighted by Crippen LogP contribution is -2.47. The Balaban J connectivity index is 1.49. The molecular weight excluding hydrogens is 452 g/mol. The molecule has 0 spiro atoms. The van der Waals surface area contributed by atoms with Crippen molar-refractivity contribution in [3.05, 3.63) is 57.1 Å². The molecule has 0 saturated carbocycles. The number of hydrogen-bond donors (Lipinski definition) is 0. The highest BCUT2D eigenvalue weighted by molar-refractivity contribution is 6.30. The van der Waals surface area contributed by atoms with Gasteiger partial charge in [-0.3, -0.25) is 24.6 Å². The molecular formula is C22H23ClN4O6. The third-order valence-corrected chi connectivity index (χ3v) is 5.95. The van der Waals surface area contributed by atoms with E-state index >= 15 is 0 Å². The minimum atomic E-state index is -0.543. The van der Waals surface area contributed by atoms with Crippen LogP contribution in [-0.2, 0) is 20.9 Å². The fraction of sp³-hybridized carbons (Fsp3) is 0.364. The molecule has 33 heavy (non-hydrogen) atoms. The Kier molecular flexibility index (Phi) is 6.77. The van der Waals surface area contributed by atoms with E-state index in [9.17, 15) is 19.7 Å². The number of halogens is 1. The number of nitrogens with zero attached hydrogens (tertiary/aromatic N) is 4. The van der Waals surface area contributed by atoms with Crippen LogP contribution in [0.15, 0.2) is 36.4 Å². The van der Waals surface area contributed by atoms with Crippen molar-refractivity contribution in [1.29, 1.82) is 0 Å². The fourth-order valence-corrected chi connectivity index (χ4v) is 4.30. The maximum Gasteiger partial charge on any atom is 0.294 e. The number of methoxy groups -OCH3 is 1. The molecule has 2 heterocycles. The van der Waals surface area contributed by atoms with Crippen molar-refractivity contribution in [3.63, 3.8) is 0 Å². The van der Waals surface area contributed by atoms with Gasteiger partial charge in [-0.15, -0.1) is 0 Å². The number of nitro benzene ring substituents is 1. The predicted octanol–water partition coefficient (Wildman–Crippen LogP) is 2.47. The van der Waals surface area contributed by atoms with Gasteiger partial charge in [0.15, 0.2) is 0 Å². The number of hydrogen-bond acceptors (Lipinski definition) is 8. The zero-order valence-corrected chi connectivity index (χ0v) is 18.8. The van der Waals surface area contributed by atoms with Crippen LogP contribution in [0.2, 0.25) is 5.02 Å². The summed E-state index contributed by atoms with van der Waals surface area (Å²) in [7, 11) is 1.62. The molecule has 2 aliphatic heterocycles. The minimum absolute atomic E-state index is 0.149. The molecule has 0 atom stereocenters. The summed E-state index contributed by atoms with van der Waals surface area (Å²) in [5, 5.41) is 12.4. The average molecular weight is 475 g/mol. The van der Waals surface area contributed by atoms with Crippen molar-refractivity contribution < 1.29 is 24.0 Å². The number of imide groups is 1. The number of carbonyl (C=O) groups excluding carboxylic acids is 2. The Bertz CT molecular complexity index is 1070. The first-order chi connectivity index (χ1) is 15.9. The molecule has 0 N–H and O–H groups in total. The third kappa shape index (κ3) is 4.92. The van der Waals surface area contributed by atoms with Gasteiger partial charge in [0, 0.05) is 49.4 Å². The second-order valence-corrected chi connectivity index (χ2v) is 8.20. The van der Waals surface area contributed by atoms with E-state index in [-0.39, 0.29) is 24.6 Å². The van der Waals surface area contributed by atoms with E-state index in [0.717, 1.165) is 16.2 Å². The van der Waals surface area contributed by atoms with E-state index in [1.54, 1.807) is 25.3 Å². The predicted molar refractivity (Wildman–Crippen MR) is 122 cm³/mol. The fourth-order valence-electron chi connectivity index (χ4n) is 4.10. The molecule has 2 aromatic carbocycles. The van der Waals surface area contributed by atoms with Crippen LogP contribution in [0.1, 0.15) is 5.56 Å². The van der Waals surface area contributed by atoms with Gasteiger partial charge in [-0.05, 0) is 30.3 Å². The first-order valence-corrected chi connectivity index (χ1v) is 10.8. The summed E-state index contributed by atoms with van der Waals surface area (Å²) < 4.78 is 10.3. The second-order valence-electron chi connectivity index (χ2n) is 7.77. The van der Waals surface area contributed by atoms with Crippen molar-refractivity contribution >= 4 is 40.5 Å². The van der Waals surface area contributed by atoms with Crippen molar-refractivity contribution in [1.82, 2.24) is 4.90 Å². The van der Waals surface area contributed by atoms with Gasteiger partial charge in [-0.25, -0.2) is 4.90 Å². The zero-order chi connectivity index (χ0) is 23.5. The Labute approximate surface area is 195 Å². The molecule has 0 bridgehead atoms. The summed E-state index contributed by atoms with van der Waals surface area (Å²) in [6.45, 7) is 2.72. The van der Waals surface area contributed by atoms with Crippen LogP contribution in [0.5, 0.6) is 5.75 Å². The molecule has 0 radical (unpaired) electrons. The van der Waals surface area contributed by atoms with E-state index in [4.69, 9.17) is 21.1 Å². The Morgan fingerprint density at radius 1 is 1.06 bits per heavy atom. The zero-order valence-electron chi connectivity index (χ0n) is 18.0. The normalized spacial score (nSPS) is 17.4. The number of piperazine rings is 1. The van der Waals surface area contributed by atoms with Gasteiger partial charge < -0.3 is 14.4 Å². The highest BCUT2D eigenvalue weighted by Crippen LogP contribution is 2.34. The minimum Gasteiger partial charge on any atom is -0.496 e. The molecule has 0 unspecified atom stereocenters. The lowest BCUT2D eigenvalue weighted by Gasteiger charge is -2.36. The van der Waals surface area contributed by atoms with Gasteiger partial charge in [0.25, 0.3) is 17.5 Å². The van der Waals surface area contributed by atoms with Crippen LogP contribution >= 0.6 is 11.6 Å². The van der Waals surface area contributed by atoms with E-state index in [2.05, 4.69) is 4.90 Å². The van der Waals surface area contributed by atoms with E-state index in [1.807, 2.05) is 17.0 Å². The first-order valence-electron chi connectivity index (χ1n) is 10.4. The number of nitro groups is 1. The highest BCUT2D eigenvalue weighted by Gasteiger charge is 2.31. The number of morpholine rings is 1. The van der Waals surface area contributed by atoms with Gasteiger partial charge >= 0.3 is 0 Å². The SMILES string of the molecule is COc1ccc(Cl)cc1CN1CCN(c2ccc(N3C(=O)COCC3=O)cc2[N+](=O)[O-])CC1. The van der Waals surface area contributed by atoms with Gasteiger partial charge in [-0.2, -0.15) is 0 Å². The van der Waals surface area contributed by atoms with E-state index in [1.165, 1.54) is 6.07 Å². The molecule has 2 fully saturated rings. The molecule has 4 rings (SSSR count). The number of benzene rings is 2. The molecule has 11 heteroatoms. The van der Waals surface area contributed by atoms with Crippen molar-refractivity contribution in [2.24, 2.45) is 0 Å². The summed E-state index contributed by atoms with van der Waals surface area (Å²) >= 11 is 6.13. The van der Waals surface area contributed by atoms with Crippen LogP contribution in [0, 0.1) is 10.1 Å². The summed E-state index contributed by atoms with van der Waals surface area (Å²) in [6.07, 6.45) is 0. The van der Waals surface area contributed by atoms with Crippen LogP contribution in [0.25, 0.3) is 0 Å². The molecule has 10 nitrogen and oxygen atoms in total. The number of anilines is 2. The number of amides is 2. The Hall–Kier alpha value is -3.21. The topological polar surface area (TPSA) is 105 Å². The van der Waals surface area contributed by atoms with Crippen molar-refractivity contribution in [2.75, 3.05) is 56.3 Å². The standard InChI is InChI=1S/C22H23ClN4O6/c1-32-20-5-2-16(23)10-15(20)12-24-6-8-25(9-7-24)18-4-3-17(11-19(18)27(30)31)26-21(28)13-33-14-22(26)29/h2-5,10-11H,6-9,12-14H2,1H3. The summed E-state index contributed by atoms with van der Waals surface area (Å²) in [5.74, 6) is -0.322. The molecule has 2 amide bonds. The van der Waals surface area contributed by atoms with Gasteiger partial charge in [-0.1, -0.05) is 11.6 Å². The summed E-state index contributed by atoms with van der Waals surface area (Å²) in [4.78, 5) is 40.6. The van der Waals surface area contributed by atoms with E-state index < -0.39 is 16.7 Å². The second kappa shape index (κ2) is 9.74. The summed E-state index contributed by atoms with van der Waals surface area (Å²) in [5.41, 5.74) is 1.46. The van der Waals surface area contributed by atoms with Gasteiger partial charge in [0.05, 0.1) is 17.7 Å². The lowest BCUT2D eigenvalue weighted by atomic mass is 10.1. The Morgan fingerprint density at radius 3 is 2.39 bits per heavy atom. The molecule has 174 valence electrons. The molecule has 2 aromatic rings. The Morgan fingerprint density at radius 2 is 1.76 bits per heavy atom. The number of carbonyl (C=O) groups is 2. The maximum atomic E-state index is 12.1. The molecule has 2 aliphatic rings. The van der Waals surface area contributed by atoms with Crippen LogP contribution in [0.4, 0.5) is 17.1 Å². The molecule has 0 aromatic heterocycles. The highest BCUT2D eigenvalue weighted by atomic mass is 35.5. The van der Waals surface area contributed by atoms with Crippen LogP contribution < -0.4 is 14.5 Å².